The summed E-state index contributed by atoms with van der Waals surface area (Å²) < 4.78 is 5.29. The van der Waals surface area contributed by atoms with Gasteiger partial charge in [0.25, 0.3) is 5.91 Å². The van der Waals surface area contributed by atoms with Crippen LogP contribution in [0.25, 0.3) is 0 Å². The summed E-state index contributed by atoms with van der Waals surface area (Å²) in [7, 11) is 1.63. The first-order valence-electron chi connectivity index (χ1n) is 11.3. The molecule has 6 heteroatoms. The number of methoxy groups -OCH3 is 1. The number of likely N-dealkylation sites (N-methyl/N-ethyl adjacent to an activating group) is 1. The van der Waals surface area contributed by atoms with Crippen molar-refractivity contribution >= 4 is 28.8 Å². The average molecular weight is 463 g/mol. The molecule has 4 rings (SSSR count). The molecule has 0 N–H and O–H groups in total. The predicted octanol–water partition coefficient (Wildman–Crippen LogP) is 5.75. The van der Waals surface area contributed by atoms with E-state index in [1.807, 2.05) is 82.8 Å². The fourth-order valence-electron chi connectivity index (χ4n) is 4.63. The molecule has 3 aromatic rings. The highest BCUT2D eigenvalue weighted by Crippen LogP contribution is 2.45. The third kappa shape index (κ3) is 4.40. The van der Waals surface area contributed by atoms with Crippen molar-refractivity contribution in [1.29, 1.82) is 0 Å². The lowest BCUT2D eigenvalue weighted by Gasteiger charge is -2.43. The van der Waals surface area contributed by atoms with Crippen molar-refractivity contribution in [2.45, 2.75) is 32.7 Å². The van der Waals surface area contributed by atoms with Gasteiger partial charge in [-0.15, -0.1) is 11.3 Å². The van der Waals surface area contributed by atoms with E-state index in [9.17, 15) is 9.59 Å². The van der Waals surface area contributed by atoms with Crippen molar-refractivity contribution < 1.29 is 14.3 Å². The van der Waals surface area contributed by atoms with E-state index >= 15 is 0 Å². The summed E-state index contributed by atoms with van der Waals surface area (Å²) in [5, 5.41) is 2.01. The van der Waals surface area contributed by atoms with Crippen molar-refractivity contribution in [2.75, 3.05) is 25.1 Å². The number of anilines is 1. The zero-order valence-corrected chi connectivity index (χ0v) is 20.3. The van der Waals surface area contributed by atoms with Gasteiger partial charge in [0.05, 0.1) is 19.1 Å². The third-order valence-corrected chi connectivity index (χ3v) is 7.01. The molecule has 0 radical (unpaired) electrons. The van der Waals surface area contributed by atoms with E-state index in [0.29, 0.717) is 18.7 Å². The van der Waals surface area contributed by atoms with Crippen LogP contribution in [-0.4, -0.2) is 36.9 Å². The van der Waals surface area contributed by atoms with Crippen molar-refractivity contribution in [3.05, 3.63) is 82.0 Å². The van der Waals surface area contributed by atoms with Crippen molar-refractivity contribution in [1.82, 2.24) is 4.90 Å². The molecule has 172 valence electrons. The fourth-order valence-corrected chi connectivity index (χ4v) is 5.50. The quantitative estimate of drug-likeness (QED) is 0.449. The maximum absolute atomic E-state index is 14.3. The second-order valence-corrected chi connectivity index (χ2v) is 9.64. The summed E-state index contributed by atoms with van der Waals surface area (Å²) in [6.07, 6.45) is 0. The first-order chi connectivity index (χ1) is 16.0. The van der Waals surface area contributed by atoms with Gasteiger partial charge in [-0.1, -0.05) is 38.1 Å². The molecule has 2 aromatic carbocycles. The lowest BCUT2D eigenvalue weighted by Crippen LogP contribution is -2.49. The number of amides is 2. The molecule has 0 saturated heterocycles. The summed E-state index contributed by atoms with van der Waals surface area (Å²) >= 11 is 1.60. The Balaban J connectivity index is 1.85. The highest BCUT2D eigenvalue weighted by atomic mass is 32.1. The van der Waals surface area contributed by atoms with E-state index in [1.165, 1.54) is 0 Å². The number of carbonyl (C=O) groups excluding carboxylic acids is 2. The van der Waals surface area contributed by atoms with Gasteiger partial charge in [0.1, 0.15) is 5.75 Å². The monoisotopic (exact) mass is 462 g/mol. The molecule has 2 atom stereocenters. The lowest BCUT2D eigenvalue weighted by molar-refractivity contribution is -0.121. The number of rotatable bonds is 7. The maximum Gasteiger partial charge on any atom is 0.254 e. The Kier molecular flexibility index (Phi) is 6.84. The van der Waals surface area contributed by atoms with E-state index in [2.05, 4.69) is 13.8 Å². The summed E-state index contributed by atoms with van der Waals surface area (Å²) in [6, 6.07) is 18.8. The third-order valence-electron chi connectivity index (χ3n) is 6.07. The maximum atomic E-state index is 14.3. The van der Waals surface area contributed by atoms with Gasteiger partial charge in [-0.05, 0) is 60.2 Å². The van der Waals surface area contributed by atoms with Crippen LogP contribution in [0.4, 0.5) is 5.69 Å². The first-order valence-corrected chi connectivity index (χ1v) is 12.2. The number of ether oxygens (including phenoxy) is 1. The van der Waals surface area contributed by atoms with Crippen LogP contribution in [0.3, 0.4) is 0 Å². The Hall–Kier alpha value is -3.12. The normalized spacial score (nSPS) is 17.7. The van der Waals surface area contributed by atoms with Gasteiger partial charge in [0.15, 0.2) is 0 Å². The van der Waals surface area contributed by atoms with Gasteiger partial charge in [-0.25, -0.2) is 0 Å². The number of carbonyl (C=O) groups is 2. The van der Waals surface area contributed by atoms with Gasteiger partial charge in [-0.3, -0.25) is 9.59 Å². The zero-order chi connectivity index (χ0) is 23.5. The average Bonchev–Trinajstić information content (AvgIpc) is 3.36. The van der Waals surface area contributed by atoms with Crippen molar-refractivity contribution in [2.24, 2.45) is 5.92 Å². The van der Waals surface area contributed by atoms with Gasteiger partial charge in [0, 0.05) is 29.2 Å². The molecule has 0 spiro atoms. The topological polar surface area (TPSA) is 49.9 Å². The Morgan fingerprint density at radius 1 is 1.09 bits per heavy atom. The smallest absolute Gasteiger partial charge is 0.254 e. The molecular weight excluding hydrogens is 432 g/mol. The molecule has 5 nitrogen and oxygen atoms in total. The minimum Gasteiger partial charge on any atom is -0.497 e. The molecule has 0 fully saturated rings. The molecule has 0 unspecified atom stereocenters. The molecule has 0 bridgehead atoms. The Morgan fingerprint density at radius 3 is 2.42 bits per heavy atom. The number of nitrogens with zero attached hydrogens (tertiary/aromatic N) is 2. The SMILES string of the molecule is CCN(C(=O)[C@@H]1c2ccccc2C(=O)N(CC(C)C)[C@H]1c1cccs1)c1ccc(OC)cc1. The van der Waals surface area contributed by atoms with E-state index in [-0.39, 0.29) is 23.8 Å². The second kappa shape index (κ2) is 9.79. The number of hydrogen-bond acceptors (Lipinski definition) is 4. The molecule has 2 amide bonds. The van der Waals surface area contributed by atoms with E-state index in [0.717, 1.165) is 21.9 Å². The molecule has 1 aromatic heterocycles. The molecule has 0 aliphatic carbocycles. The predicted molar refractivity (Wildman–Crippen MR) is 133 cm³/mol. The van der Waals surface area contributed by atoms with Crippen molar-refractivity contribution in [3.8, 4) is 5.75 Å². The lowest BCUT2D eigenvalue weighted by atomic mass is 9.80. The first kappa shape index (κ1) is 23.1. The van der Waals surface area contributed by atoms with Crippen LogP contribution in [0.15, 0.2) is 66.0 Å². The summed E-state index contributed by atoms with van der Waals surface area (Å²) in [4.78, 5) is 32.6. The Bertz CT molecular complexity index is 1110. The van der Waals surface area contributed by atoms with Crippen LogP contribution in [0.2, 0.25) is 0 Å². The van der Waals surface area contributed by atoms with E-state index in [4.69, 9.17) is 4.74 Å². The minimum atomic E-state index is -0.488. The van der Waals surface area contributed by atoms with E-state index < -0.39 is 5.92 Å². The summed E-state index contributed by atoms with van der Waals surface area (Å²) in [5.74, 6) is 0.527. The highest BCUT2D eigenvalue weighted by molar-refractivity contribution is 7.10. The van der Waals surface area contributed by atoms with Crippen LogP contribution in [0.5, 0.6) is 5.75 Å². The number of benzene rings is 2. The number of hydrogen-bond donors (Lipinski definition) is 0. The van der Waals surface area contributed by atoms with Crippen LogP contribution in [0, 0.1) is 5.92 Å². The summed E-state index contributed by atoms with van der Waals surface area (Å²) in [5.41, 5.74) is 2.24. The molecule has 2 heterocycles. The Labute approximate surface area is 199 Å². The van der Waals surface area contributed by atoms with Gasteiger partial charge in [0.2, 0.25) is 5.91 Å². The van der Waals surface area contributed by atoms with Gasteiger partial charge in [-0.2, -0.15) is 0 Å². The highest BCUT2D eigenvalue weighted by Gasteiger charge is 2.46. The van der Waals surface area contributed by atoms with E-state index in [1.54, 1.807) is 18.4 Å². The molecular formula is C27H30N2O3S. The van der Waals surface area contributed by atoms with Crippen molar-refractivity contribution in [3.63, 3.8) is 0 Å². The standard InChI is InChI=1S/C27H30N2O3S/c1-5-28(19-12-14-20(32-4)15-13-19)27(31)24-21-9-6-7-10-22(21)26(30)29(17-18(2)3)25(24)23-11-8-16-33-23/h6-16,18,24-25H,5,17H2,1-4H3/t24-,25+/m1/s1. The van der Waals surface area contributed by atoms with Crippen LogP contribution >= 0.6 is 11.3 Å². The second-order valence-electron chi connectivity index (χ2n) is 8.66. The number of thiophene rings is 1. The Morgan fingerprint density at radius 2 is 1.82 bits per heavy atom. The van der Waals surface area contributed by atoms with Gasteiger partial charge >= 0.3 is 0 Å². The molecule has 33 heavy (non-hydrogen) atoms. The van der Waals surface area contributed by atoms with Crippen LogP contribution in [-0.2, 0) is 4.79 Å². The fraction of sp³-hybridized carbons (Fsp3) is 0.333. The molecule has 1 aliphatic heterocycles. The number of fused-ring (bicyclic) bond motifs is 1. The largest absolute Gasteiger partial charge is 0.497 e. The van der Waals surface area contributed by atoms with Crippen LogP contribution in [0.1, 0.15) is 53.5 Å². The summed E-state index contributed by atoms with van der Waals surface area (Å²) in [6.45, 7) is 7.30. The van der Waals surface area contributed by atoms with Crippen LogP contribution < -0.4 is 9.64 Å². The minimum absolute atomic E-state index is 0.00484. The molecule has 1 aliphatic rings. The van der Waals surface area contributed by atoms with Gasteiger partial charge < -0.3 is 14.5 Å². The molecule has 0 saturated carbocycles. The zero-order valence-electron chi connectivity index (χ0n) is 19.5.